The second-order valence-electron chi connectivity index (χ2n) is 3.75. The molecule has 0 aliphatic carbocycles. The first-order valence-corrected chi connectivity index (χ1v) is 4.91. The Morgan fingerprint density at radius 2 is 2.00 bits per heavy atom. The summed E-state index contributed by atoms with van der Waals surface area (Å²) >= 11 is 0. The Morgan fingerprint density at radius 3 is 2.67 bits per heavy atom. The molecule has 1 heterocycles. The Morgan fingerprint density at radius 1 is 1.33 bits per heavy atom. The number of rotatable bonds is 0. The predicted molar refractivity (Wildman–Crippen MR) is 51.9 cm³/mol. The summed E-state index contributed by atoms with van der Waals surface area (Å²) in [6, 6.07) is 0. The van der Waals surface area contributed by atoms with Gasteiger partial charge in [0.15, 0.2) is 0 Å². The summed E-state index contributed by atoms with van der Waals surface area (Å²) in [6.45, 7) is 1.63. The van der Waals surface area contributed by atoms with Gasteiger partial charge < -0.3 is 20.1 Å². The normalized spacial score (nSPS) is 40.7. The van der Waals surface area contributed by atoms with Crippen LogP contribution in [-0.2, 0) is 9.53 Å². The maximum atomic E-state index is 11.1. The molecule has 0 aromatic carbocycles. The third-order valence-electron chi connectivity index (χ3n) is 2.21. The molecule has 1 aliphatic heterocycles. The molecule has 86 valence electrons. The van der Waals surface area contributed by atoms with Gasteiger partial charge in [-0.25, -0.2) is 0 Å². The molecule has 5 heteroatoms. The van der Waals surface area contributed by atoms with Crippen LogP contribution in [0, 0.1) is 0 Å². The van der Waals surface area contributed by atoms with Crippen LogP contribution in [0.15, 0.2) is 12.2 Å². The highest BCUT2D eigenvalue weighted by Crippen LogP contribution is 2.11. The van der Waals surface area contributed by atoms with E-state index in [-0.39, 0.29) is 12.8 Å². The third-order valence-corrected chi connectivity index (χ3v) is 2.21. The zero-order valence-corrected chi connectivity index (χ0v) is 8.54. The number of hydrogen-bond donors (Lipinski definition) is 3. The van der Waals surface area contributed by atoms with Crippen molar-refractivity contribution in [2.24, 2.45) is 0 Å². The van der Waals surface area contributed by atoms with Crippen molar-refractivity contribution in [2.45, 2.75) is 44.2 Å². The zero-order chi connectivity index (χ0) is 11.4. The highest BCUT2D eigenvalue weighted by Gasteiger charge is 2.22. The Balaban J connectivity index is 2.72. The molecule has 1 rings (SSSR count). The van der Waals surface area contributed by atoms with Crippen molar-refractivity contribution >= 4 is 5.97 Å². The molecular formula is C10H16O5. The lowest BCUT2D eigenvalue weighted by Crippen LogP contribution is -2.31. The predicted octanol–water partition coefficient (Wildman–Crippen LogP) is -0.649. The average molecular weight is 216 g/mol. The molecule has 0 amide bonds. The molecule has 0 bridgehead atoms. The summed E-state index contributed by atoms with van der Waals surface area (Å²) in [7, 11) is 0. The molecule has 0 spiro atoms. The summed E-state index contributed by atoms with van der Waals surface area (Å²) in [4.78, 5) is 11.1. The topological polar surface area (TPSA) is 87.0 Å². The summed E-state index contributed by atoms with van der Waals surface area (Å²) < 4.78 is 4.91. The SMILES string of the molecule is C[C@@H]1C[C@H](O)[C@@H](O)/C=C\[C@@H](O)CC(=O)O1. The van der Waals surface area contributed by atoms with Crippen molar-refractivity contribution < 1.29 is 24.9 Å². The van der Waals surface area contributed by atoms with Gasteiger partial charge in [-0.2, -0.15) is 0 Å². The van der Waals surface area contributed by atoms with E-state index in [1.54, 1.807) is 6.92 Å². The van der Waals surface area contributed by atoms with Crippen molar-refractivity contribution in [3.63, 3.8) is 0 Å². The molecular weight excluding hydrogens is 200 g/mol. The van der Waals surface area contributed by atoms with Crippen molar-refractivity contribution in [3.05, 3.63) is 12.2 Å². The number of carbonyl (C=O) groups is 1. The first-order chi connectivity index (χ1) is 6.99. The van der Waals surface area contributed by atoms with E-state index in [1.165, 1.54) is 12.2 Å². The molecule has 15 heavy (non-hydrogen) atoms. The van der Waals surface area contributed by atoms with E-state index in [1.807, 2.05) is 0 Å². The smallest absolute Gasteiger partial charge is 0.309 e. The number of aliphatic hydroxyl groups is 3. The molecule has 0 saturated heterocycles. The van der Waals surface area contributed by atoms with Crippen LogP contribution in [0.1, 0.15) is 19.8 Å². The van der Waals surface area contributed by atoms with Crippen molar-refractivity contribution in [1.29, 1.82) is 0 Å². The van der Waals surface area contributed by atoms with Crippen molar-refractivity contribution in [1.82, 2.24) is 0 Å². The Labute approximate surface area is 88.0 Å². The van der Waals surface area contributed by atoms with Gasteiger partial charge in [0, 0.05) is 6.42 Å². The molecule has 1 aliphatic rings. The number of esters is 1. The number of aliphatic hydroxyl groups excluding tert-OH is 3. The minimum Gasteiger partial charge on any atom is -0.462 e. The molecule has 0 unspecified atom stereocenters. The van der Waals surface area contributed by atoms with Gasteiger partial charge in [-0.15, -0.1) is 0 Å². The van der Waals surface area contributed by atoms with E-state index in [4.69, 9.17) is 4.74 Å². The summed E-state index contributed by atoms with van der Waals surface area (Å²) in [6.07, 6.45) is -0.873. The minimum atomic E-state index is -1.04. The van der Waals surface area contributed by atoms with Gasteiger partial charge in [0.25, 0.3) is 0 Å². The molecule has 0 fully saturated rings. The minimum absolute atomic E-state index is 0.135. The lowest BCUT2D eigenvalue weighted by molar-refractivity contribution is -0.151. The highest BCUT2D eigenvalue weighted by atomic mass is 16.5. The van der Waals surface area contributed by atoms with Crippen LogP contribution in [0.4, 0.5) is 0 Å². The van der Waals surface area contributed by atoms with Crippen LogP contribution in [0.2, 0.25) is 0 Å². The lowest BCUT2D eigenvalue weighted by Gasteiger charge is -2.21. The first kappa shape index (κ1) is 12.2. The van der Waals surface area contributed by atoms with Gasteiger partial charge in [0.2, 0.25) is 0 Å². The summed E-state index contributed by atoms with van der Waals surface area (Å²) in [5, 5.41) is 28.2. The second kappa shape index (κ2) is 5.25. The fourth-order valence-electron chi connectivity index (χ4n) is 1.41. The largest absolute Gasteiger partial charge is 0.462 e. The zero-order valence-electron chi connectivity index (χ0n) is 8.54. The fourth-order valence-corrected chi connectivity index (χ4v) is 1.41. The second-order valence-corrected chi connectivity index (χ2v) is 3.75. The summed E-state index contributed by atoms with van der Waals surface area (Å²) in [5.74, 6) is -0.511. The van der Waals surface area contributed by atoms with Crippen LogP contribution in [-0.4, -0.2) is 45.7 Å². The van der Waals surface area contributed by atoms with E-state index < -0.39 is 30.4 Å². The number of carbonyl (C=O) groups excluding carboxylic acids is 1. The van der Waals surface area contributed by atoms with Crippen molar-refractivity contribution in [3.8, 4) is 0 Å². The standard InChI is InChI=1S/C10H16O5/c1-6-4-9(13)8(12)3-2-7(11)5-10(14)15-6/h2-3,6-9,11-13H,4-5H2,1H3/b3-2-/t6-,7-,8+,9+/m1/s1. The molecule has 3 N–H and O–H groups in total. The fraction of sp³-hybridized carbons (Fsp3) is 0.700. The third kappa shape index (κ3) is 3.99. The number of cyclic esters (lactones) is 1. The van der Waals surface area contributed by atoms with E-state index in [0.717, 1.165) is 0 Å². The van der Waals surface area contributed by atoms with Crippen molar-refractivity contribution in [2.75, 3.05) is 0 Å². The molecule has 4 atom stereocenters. The Bertz CT molecular complexity index is 250. The Kier molecular flexibility index (Phi) is 4.26. The van der Waals surface area contributed by atoms with E-state index in [2.05, 4.69) is 0 Å². The van der Waals surface area contributed by atoms with Gasteiger partial charge in [-0.1, -0.05) is 12.2 Å². The van der Waals surface area contributed by atoms with Crippen LogP contribution in [0.3, 0.4) is 0 Å². The monoisotopic (exact) mass is 216 g/mol. The summed E-state index contributed by atoms with van der Waals surface area (Å²) in [5.41, 5.74) is 0. The van der Waals surface area contributed by atoms with Gasteiger partial charge in [0.1, 0.15) is 6.10 Å². The van der Waals surface area contributed by atoms with Crippen LogP contribution in [0.5, 0.6) is 0 Å². The van der Waals surface area contributed by atoms with E-state index in [9.17, 15) is 20.1 Å². The van der Waals surface area contributed by atoms with Crippen LogP contribution in [0.25, 0.3) is 0 Å². The Hall–Kier alpha value is -0.910. The highest BCUT2D eigenvalue weighted by molar-refractivity contribution is 5.70. The maximum Gasteiger partial charge on any atom is 0.309 e. The number of ether oxygens (including phenoxy) is 1. The molecule has 0 radical (unpaired) electrons. The maximum absolute atomic E-state index is 11.1. The van der Waals surface area contributed by atoms with E-state index >= 15 is 0 Å². The molecule has 0 aromatic rings. The van der Waals surface area contributed by atoms with E-state index in [0.29, 0.717) is 0 Å². The first-order valence-electron chi connectivity index (χ1n) is 4.91. The molecule has 0 aromatic heterocycles. The quantitative estimate of drug-likeness (QED) is 0.370. The molecule has 0 saturated carbocycles. The van der Waals surface area contributed by atoms with Crippen LogP contribution < -0.4 is 0 Å². The lowest BCUT2D eigenvalue weighted by atomic mass is 10.0. The van der Waals surface area contributed by atoms with Gasteiger partial charge in [0.05, 0.1) is 24.7 Å². The van der Waals surface area contributed by atoms with Gasteiger partial charge in [-0.05, 0) is 6.92 Å². The van der Waals surface area contributed by atoms with Gasteiger partial charge >= 0.3 is 5.97 Å². The molecule has 5 nitrogen and oxygen atoms in total. The van der Waals surface area contributed by atoms with Crippen LogP contribution >= 0.6 is 0 Å². The number of hydrogen-bond acceptors (Lipinski definition) is 5. The average Bonchev–Trinajstić information content (AvgIpc) is 2.12. The van der Waals surface area contributed by atoms with Gasteiger partial charge in [-0.3, -0.25) is 4.79 Å².